The monoisotopic (exact) mass is 567 g/mol. The van der Waals surface area contributed by atoms with E-state index in [1.807, 2.05) is 24.3 Å². The molecule has 1 N–H and O–H groups in total. The molecule has 0 spiro atoms. The van der Waals surface area contributed by atoms with E-state index in [2.05, 4.69) is 26.5 Å². The number of anilines is 1. The van der Waals surface area contributed by atoms with Crippen molar-refractivity contribution in [3.05, 3.63) is 97.9 Å². The van der Waals surface area contributed by atoms with E-state index in [1.165, 1.54) is 4.31 Å². The number of hydrogen-bond acceptors (Lipinski definition) is 4. The molecule has 0 aliphatic carbocycles. The number of hydrazone groups is 1. The summed E-state index contributed by atoms with van der Waals surface area (Å²) in [6.07, 6.45) is 1.09. The number of sulfonamides is 1. The molecule has 1 amide bonds. The number of hydrogen-bond donors (Lipinski definition) is 1. The van der Waals surface area contributed by atoms with Gasteiger partial charge in [0, 0.05) is 10.0 Å². The molecule has 0 fully saturated rings. The van der Waals surface area contributed by atoms with Crippen molar-refractivity contribution in [2.45, 2.75) is 13.5 Å². The number of benzene rings is 3. The zero-order valence-corrected chi connectivity index (χ0v) is 21.6. The minimum Gasteiger partial charge on any atom is -0.267 e. The first-order valence-corrected chi connectivity index (χ1v) is 13.1. The highest BCUT2D eigenvalue weighted by Gasteiger charge is 2.21. The molecule has 0 aromatic heterocycles. The molecular formula is C23H20BrCl2N3O3S. The number of carbonyl (C=O) groups excluding carboxylic acids is 1. The van der Waals surface area contributed by atoms with Gasteiger partial charge in [-0.15, -0.1) is 0 Å². The third-order valence-electron chi connectivity index (χ3n) is 4.71. The molecule has 0 saturated carbocycles. The molecule has 6 nitrogen and oxygen atoms in total. The van der Waals surface area contributed by atoms with E-state index < -0.39 is 10.0 Å². The molecule has 0 unspecified atom stereocenters. The normalized spacial score (nSPS) is 11.8. The Labute approximate surface area is 211 Å². The summed E-state index contributed by atoms with van der Waals surface area (Å²) in [4.78, 5) is 12.5. The van der Waals surface area contributed by atoms with E-state index >= 15 is 0 Å². The summed E-state index contributed by atoms with van der Waals surface area (Å²) in [6.45, 7) is 1.83. The second kappa shape index (κ2) is 10.7. The molecule has 0 aliphatic heterocycles. The maximum atomic E-state index is 12.5. The number of amides is 1. The van der Waals surface area contributed by atoms with Gasteiger partial charge in [0.05, 0.1) is 34.2 Å². The third-order valence-corrected chi connectivity index (χ3v) is 7.14. The Balaban J connectivity index is 1.75. The smallest absolute Gasteiger partial charge is 0.267 e. The molecule has 3 aromatic carbocycles. The van der Waals surface area contributed by atoms with E-state index in [1.54, 1.807) is 49.4 Å². The fourth-order valence-electron chi connectivity index (χ4n) is 2.97. The number of rotatable bonds is 7. The summed E-state index contributed by atoms with van der Waals surface area (Å²) < 4.78 is 26.9. The van der Waals surface area contributed by atoms with Gasteiger partial charge in [-0.25, -0.2) is 13.8 Å². The van der Waals surface area contributed by atoms with Crippen LogP contribution in [0.5, 0.6) is 0 Å². The highest BCUT2D eigenvalue weighted by Crippen LogP contribution is 2.34. The fourth-order valence-corrected chi connectivity index (χ4v) is 4.71. The molecule has 10 heteroatoms. The van der Waals surface area contributed by atoms with Crippen LogP contribution < -0.4 is 9.73 Å². The second-order valence-electron chi connectivity index (χ2n) is 7.19. The summed E-state index contributed by atoms with van der Waals surface area (Å²) in [6, 6.07) is 19.0. The van der Waals surface area contributed by atoms with E-state index in [4.69, 9.17) is 23.2 Å². The van der Waals surface area contributed by atoms with Crippen molar-refractivity contribution in [3.8, 4) is 0 Å². The lowest BCUT2D eigenvalue weighted by atomic mass is 10.1. The van der Waals surface area contributed by atoms with Crippen LogP contribution in [-0.4, -0.2) is 26.3 Å². The van der Waals surface area contributed by atoms with Gasteiger partial charge in [0.25, 0.3) is 5.91 Å². The lowest BCUT2D eigenvalue weighted by Gasteiger charge is -2.24. The van der Waals surface area contributed by atoms with E-state index in [0.717, 1.165) is 16.3 Å². The van der Waals surface area contributed by atoms with Crippen molar-refractivity contribution in [3.63, 3.8) is 0 Å². The third kappa shape index (κ3) is 6.57. The first kappa shape index (κ1) is 25.2. The SMILES string of the molecule is C/C(=N/NC(=O)c1ccc(CN(c2cccc(Cl)c2Cl)S(C)(=O)=O)cc1)c1cccc(Br)c1. The second-order valence-corrected chi connectivity index (χ2v) is 10.8. The minimum absolute atomic E-state index is 0.0287. The van der Waals surface area contributed by atoms with Gasteiger partial charge in [-0.3, -0.25) is 9.10 Å². The Hall–Kier alpha value is -2.39. The van der Waals surface area contributed by atoms with Crippen LogP contribution in [0.25, 0.3) is 0 Å². The van der Waals surface area contributed by atoms with E-state index in [9.17, 15) is 13.2 Å². The summed E-state index contributed by atoms with van der Waals surface area (Å²) in [5, 5.41) is 4.56. The summed E-state index contributed by atoms with van der Waals surface area (Å²) >= 11 is 15.7. The summed E-state index contributed by atoms with van der Waals surface area (Å²) in [7, 11) is -3.64. The van der Waals surface area contributed by atoms with Gasteiger partial charge in [-0.2, -0.15) is 5.10 Å². The van der Waals surface area contributed by atoms with E-state index in [-0.39, 0.29) is 28.2 Å². The molecule has 3 rings (SSSR count). The lowest BCUT2D eigenvalue weighted by molar-refractivity contribution is 0.0955. The number of carbonyl (C=O) groups is 1. The van der Waals surface area contributed by atoms with Crippen LogP contribution in [-0.2, 0) is 16.6 Å². The number of halogens is 3. The standard InChI is InChI=1S/C23H20BrCl2N3O3S/c1-15(18-5-3-6-19(24)13-18)27-28-23(30)17-11-9-16(10-12-17)14-29(33(2,31)32)21-8-4-7-20(25)22(21)26/h3-13H,14H2,1-2H3,(H,28,30)/b27-15-. The van der Waals surface area contributed by atoms with Crippen LogP contribution in [0.4, 0.5) is 5.69 Å². The van der Waals surface area contributed by atoms with E-state index in [0.29, 0.717) is 16.8 Å². The van der Waals surface area contributed by atoms with Crippen molar-refractivity contribution < 1.29 is 13.2 Å². The van der Waals surface area contributed by atoms with Crippen LogP contribution >= 0.6 is 39.1 Å². The molecule has 172 valence electrons. The predicted octanol–water partition coefficient (Wildman–Crippen LogP) is 5.88. The largest absolute Gasteiger partial charge is 0.271 e. The van der Waals surface area contributed by atoms with Crippen LogP contribution in [0.1, 0.15) is 28.4 Å². The number of nitrogens with one attached hydrogen (secondary N) is 1. The zero-order chi connectivity index (χ0) is 24.2. The molecular weight excluding hydrogens is 549 g/mol. The summed E-state index contributed by atoms with van der Waals surface area (Å²) in [5.41, 5.74) is 5.40. The van der Waals surface area contributed by atoms with Crippen LogP contribution in [0.3, 0.4) is 0 Å². The topological polar surface area (TPSA) is 78.8 Å². The molecule has 3 aromatic rings. The molecule has 0 bridgehead atoms. The average molecular weight is 569 g/mol. The van der Waals surface area contributed by atoms with Gasteiger partial charge in [-0.05, 0) is 54.4 Å². The maximum Gasteiger partial charge on any atom is 0.271 e. The van der Waals surface area contributed by atoms with Gasteiger partial charge >= 0.3 is 0 Å². The Morgan fingerprint density at radius 2 is 1.70 bits per heavy atom. The predicted molar refractivity (Wildman–Crippen MR) is 138 cm³/mol. The Morgan fingerprint density at radius 3 is 2.33 bits per heavy atom. The maximum absolute atomic E-state index is 12.5. The fraction of sp³-hybridized carbons (Fsp3) is 0.130. The Kier molecular flexibility index (Phi) is 8.18. The Morgan fingerprint density at radius 1 is 1.03 bits per heavy atom. The zero-order valence-electron chi connectivity index (χ0n) is 17.7. The minimum atomic E-state index is -3.64. The van der Waals surface area contributed by atoms with Crippen molar-refractivity contribution in [2.24, 2.45) is 5.10 Å². The van der Waals surface area contributed by atoms with Gasteiger partial charge in [0.1, 0.15) is 0 Å². The molecule has 0 saturated heterocycles. The molecule has 0 atom stereocenters. The lowest BCUT2D eigenvalue weighted by Crippen LogP contribution is -2.29. The highest BCUT2D eigenvalue weighted by atomic mass is 79.9. The number of nitrogens with zero attached hydrogens (tertiary/aromatic N) is 2. The van der Waals surface area contributed by atoms with Gasteiger partial charge in [0.15, 0.2) is 0 Å². The highest BCUT2D eigenvalue weighted by molar-refractivity contribution is 9.10. The first-order valence-electron chi connectivity index (χ1n) is 9.67. The quantitative estimate of drug-likeness (QED) is 0.286. The Bertz CT molecular complexity index is 1310. The van der Waals surface area contributed by atoms with Crippen LogP contribution in [0.15, 0.2) is 76.3 Å². The van der Waals surface area contributed by atoms with Crippen molar-refractivity contribution in [2.75, 3.05) is 10.6 Å². The molecule has 0 aliphatic rings. The van der Waals surface area contributed by atoms with Crippen molar-refractivity contribution in [1.82, 2.24) is 5.43 Å². The van der Waals surface area contributed by atoms with Gasteiger partial charge in [0.2, 0.25) is 10.0 Å². The van der Waals surface area contributed by atoms with Crippen molar-refractivity contribution in [1.29, 1.82) is 0 Å². The van der Waals surface area contributed by atoms with Crippen molar-refractivity contribution >= 4 is 66.5 Å². The van der Waals surface area contributed by atoms with Gasteiger partial charge < -0.3 is 0 Å². The average Bonchev–Trinajstić information content (AvgIpc) is 2.77. The van der Waals surface area contributed by atoms with Crippen LogP contribution in [0, 0.1) is 0 Å². The summed E-state index contributed by atoms with van der Waals surface area (Å²) in [5.74, 6) is -0.381. The molecule has 33 heavy (non-hydrogen) atoms. The first-order chi connectivity index (χ1) is 15.6. The molecule has 0 radical (unpaired) electrons. The molecule has 0 heterocycles. The van der Waals surface area contributed by atoms with Gasteiger partial charge in [-0.1, -0.05) is 69.5 Å². The van der Waals surface area contributed by atoms with Crippen LogP contribution in [0.2, 0.25) is 10.0 Å².